The van der Waals surface area contributed by atoms with Gasteiger partial charge in [0.15, 0.2) is 0 Å². The first-order chi connectivity index (χ1) is 8.16. The van der Waals surface area contributed by atoms with Gasteiger partial charge in [0.2, 0.25) is 0 Å². The van der Waals surface area contributed by atoms with E-state index in [1.807, 2.05) is 31.2 Å². The Morgan fingerprint density at radius 1 is 0.941 bits per heavy atom. The lowest BCUT2D eigenvalue weighted by Gasteiger charge is -2.11. The Morgan fingerprint density at radius 3 is 2.24 bits per heavy atom. The Kier molecular flexibility index (Phi) is 3.43. The van der Waals surface area contributed by atoms with Crippen molar-refractivity contribution in [2.45, 2.75) is 27.4 Å². The molecule has 0 bridgehead atoms. The SMILES string of the molecule is Cc1cccc(COc2c(C)cccc2C)n1. The van der Waals surface area contributed by atoms with Crippen LogP contribution in [0, 0.1) is 20.8 Å². The lowest BCUT2D eigenvalue weighted by atomic mass is 10.1. The summed E-state index contributed by atoms with van der Waals surface area (Å²) in [6.07, 6.45) is 0. The topological polar surface area (TPSA) is 22.1 Å². The number of nitrogens with zero attached hydrogens (tertiary/aromatic N) is 1. The molecule has 0 radical (unpaired) electrons. The molecule has 0 aliphatic rings. The Hall–Kier alpha value is -1.83. The molecule has 0 saturated heterocycles. The van der Waals surface area contributed by atoms with Gasteiger partial charge in [-0.15, -0.1) is 0 Å². The number of aromatic nitrogens is 1. The van der Waals surface area contributed by atoms with E-state index >= 15 is 0 Å². The van der Waals surface area contributed by atoms with Gasteiger partial charge in [0.1, 0.15) is 12.4 Å². The highest BCUT2D eigenvalue weighted by Gasteiger charge is 2.03. The van der Waals surface area contributed by atoms with Crippen LogP contribution in [0.5, 0.6) is 5.75 Å². The van der Waals surface area contributed by atoms with E-state index in [2.05, 4.69) is 31.0 Å². The molecule has 2 nitrogen and oxygen atoms in total. The van der Waals surface area contributed by atoms with Crippen molar-refractivity contribution in [3.8, 4) is 5.75 Å². The summed E-state index contributed by atoms with van der Waals surface area (Å²) in [5.41, 5.74) is 4.32. The summed E-state index contributed by atoms with van der Waals surface area (Å²) in [6.45, 7) is 6.63. The van der Waals surface area contributed by atoms with Crippen molar-refractivity contribution in [2.75, 3.05) is 0 Å². The molecule has 1 aromatic carbocycles. The molecule has 17 heavy (non-hydrogen) atoms. The molecular weight excluding hydrogens is 210 g/mol. The first kappa shape index (κ1) is 11.6. The minimum atomic E-state index is 0.521. The van der Waals surface area contributed by atoms with E-state index in [4.69, 9.17) is 4.74 Å². The Morgan fingerprint density at radius 2 is 1.59 bits per heavy atom. The molecule has 0 amide bonds. The van der Waals surface area contributed by atoms with E-state index in [0.717, 1.165) is 28.3 Å². The van der Waals surface area contributed by atoms with Crippen molar-refractivity contribution in [1.82, 2.24) is 4.98 Å². The molecular formula is C15H17NO. The van der Waals surface area contributed by atoms with E-state index in [9.17, 15) is 0 Å². The fourth-order valence-electron chi connectivity index (χ4n) is 1.85. The predicted octanol–water partition coefficient (Wildman–Crippen LogP) is 3.59. The molecule has 0 aliphatic heterocycles. The fraction of sp³-hybridized carbons (Fsp3) is 0.267. The highest BCUT2D eigenvalue weighted by molar-refractivity contribution is 5.39. The van der Waals surface area contributed by atoms with Gasteiger partial charge in [0, 0.05) is 5.69 Å². The predicted molar refractivity (Wildman–Crippen MR) is 69.2 cm³/mol. The third-order valence-corrected chi connectivity index (χ3v) is 2.72. The number of para-hydroxylation sites is 1. The number of benzene rings is 1. The first-order valence-electron chi connectivity index (χ1n) is 5.78. The molecule has 0 aliphatic carbocycles. The third-order valence-electron chi connectivity index (χ3n) is 2.72. The summed E-state index contributed by atoms with van der Waals surface area (Å²) < 4.78 is 5.85. The summed E-state index contributed by atoms with van der Waals surface area (Å²) in [5.74, 6) is 0.968. The van der Waals surface area contributed by atoms with Gasteiger partial charge < -0.3 is 4.74 Å². The Balaban J connectivity index is 2.13. The number of hydrogen-bond donors (Lipinski definition) is 0. The largest absolute Gasteiger partial charge is 0.487 e. The highest BCUT2D eigenvalue weighted by Crippen LogP contribution is 2.23. The van der Waals surface area contributed by atoms with E-state index in [-0.39, 0.29) is 0 Å². The molecule has 0 spiro atoms. The maximum Gasteiger partial charge on any atom is 0.130 e. The average molecular weight is 227 g/mol. The summed E-state index contributed by atoms with van der Waals surface area (Å²) in [4.78, 5) is 4.42. The maximum atomic E-state index is 5.85. The van der Waals surface area contributed by atoms with Crippen LogP contribution in [0.1, 0.15) is 22.5 Å². The quantitative estimate of drug-likeness (QED) is 0.799. The minimum Gasteiger partial charge on any atom is -0.487 e. The lowest BCUT2D eigenvalue weighted by molar-refractivity contribution is 0.297. The third kappa shape index (κ3) is 2.84. The molecule has 2 aromatic rings. The fourth-order valence-corrected chi connectivity index (χ4v) is 1.85. The molecule has 0 fully saturated rings. The van der Waals surface area contributed by atoms with Gasteiger partial charge in [-0.05, 0) is 44.0 Å². The van der Waals surface area contributed by atoms with Crippen LogP contribution >= 0.6 is 0 Å². The van der Waals surface area contributed by atoms with Gasteiger partial charge in [0.05, 0.1) is 5.69 Å². The molecule has 0 unspecified atom stereocenters. The van der Waals surface area contributed by atoms with Gasteiger partial charge in [-0.1, -0.05) is 24.3 Å². The van der Waals surface area contributed by atoms with Crippen LogP contribution in [0.4, 0.5) is 0 Å². The second-order valence-corrected chi connectivity index (χ2v) is 4.28. The zero-order valence-electron chi connectivity index (χ0n) is 10.5. The van der Waals surface area contributed by atoms with Gasteiger partial charge in [0.25, 0.3) is 0 Å². The second kappa shape index (κ2) is 5.00. The monoisotopic (exact) mass is 227 g/mol. The summed E-state index contributed by atoms with van der Waals surface area (Å²) >= 11 is 0. The van der Waals surface area contributed by atoms with Crippen molar-refractivity contribution < 1.29 is 4.74 Å². The van der Waals surface area contributed by atoms with Gasteiger partial charge in [-0.25, -0.2) is 0 Å². The van der Waals surface area contributed by atoms with Crippen LogP contribution in [0.2, 0.25) is 0 Å². The average Bonchev–Trinajstić information content (AvgIpc) is 2.28. The smallest absolute Gasteiger partial charge is 0.130 e. The van der Waals surface area contributed by atoms with Crippen molar-refractivity contribution in [3.63, 3.8) is 0 Å². The van der Waals surface area contributed by atoms with Crippen LogP contribution in [-0.2, 0) is 6.61 Å². The number of hydrogen-bond acceptors (Lipinski definition) is 2. The van der Waals surface area contributed by atoms with Crippen molar-refractivity contribution in [3.05, 3.63) is 58.9 Å². The summed E-state index contributed by atoms with van der Waals surface area (Å²) in [6, 6.07) is 12.1. The molecule has 88 valence electrons. The van der Waals surface area contributed by atoms with E-state index in [1.54, 1.807) is 0 Å². The van der Waals surface area contributed by atoms with Crippen molar-refractivity contribution in [1.29, 1.82) is 0 Å². The molecule has 0 saturated carbocycles. The zero-order chi connectivity index (χ0) is 12.3. The maximum absolute atomic E-state index is 5.85. The molecule has 2 heteroatoms. The van der Waals surface area contributed by atoms with E-state index < -0.39 is 0 Å². The normalized spacial score (nSPS) is 10.3. The minimum absolute atomic E-state index is 0.521. The second-order valence-electron chi connectivity index (χ2n) is 4.28. The summed E-state index contributed by atoms with van der Waals surface area (Å²) in [5, 5.41) is 0. The number of ether oxygens (including phenoxy) is 1. The van der Waals surface area contributed by atoms with Crippen molar-refractivity contribution >= 4 is 0 Å². The van der Waals surface area contributed by atoms with Crippen LogP contribution in [0.3, 0.4) is 0 Å². The highest BCUT2D eigenvalue weighted by atomic mass is 16.5. The standard InChI is InChI=1S/C15H17NO/c1-11-6-4-7-12(2)15(11)17-10-14-9-5-8-13(3)16-14/h4-9H,10H2,1-3H3. The van der Waals surface area contributed by atoms with Gasteiger partial charge in [-0.3, -0.25) is 4.98 Å². The Labute approximate surface area is 102 Å². The van der Waals surface area contributed by atoms with Crippen molar-refractivity contribution in [2.24, 2.45) is 0 Å². The lowest BCUT2D eigenvalue weighted by Crippen LogP contribution is -2.01. The molecule has 0 atom stereocenters. The first-order valence-corrected chi connectivity index (χ1v) is 5.78. The van der Waals surface area contributed by atoms with E-state index in [0.29, 0.717) is 6.61 Å². The summed E-state index contributed by atoms with van der Waals surface area (Å²) in [7, 11) is 0. The Bertz CT molecular complexity index is 500. The van der Waals surface area contributed by atoms with Crippen LogP contribution in [0.25, 0.3) is 0 Å². The van der Waals surface area contributed by atoms with Crippen LogP contribution < -0.4 is 4.74 Å². The number of aryl methyl sites for hydroxylation is 3. The van der Waals surface area contributed by atoms with E-state index in [1.165, 1.54) is 0 Å². The molecule has 2 rings (SSSR count). The van der Waals surface area contributed by atoms with Gasteiger partial charge in [-0.2, -0.15) is 0 Å². The van der Waals surface area contributed by atoms with Crippen LogP contribution in [-0.4, -0.2) is 4.98 Å². The number of pyridine rings is 1. The molecule has 1 aromatic heterocycles. The van der Waals surface area contributed by atoms with Crippen LogP contribution in [0.15, 0.2) is 36.4 Å². The zero-order valence-corrected chi connectivity index (χ0v) is 10.5. The molecule has 0 N–H and O–H groups in total. The molecule has 1 heterocycles. The number of rotatable bonds is 3. The van der Waals surface area contributed by atoms with Gasteiger partial charge >= 0.3 is 0 Å².